The molecule has 3 nitrogen and oxygen atoms in total. The van der Waals surface area contributed by atoms with E-state index in [4.69, 9.17) is 0 Å². The van der Waals surface area contributed by atoms with Gasteiger partial charge in [0.25, 0.3) is 0 Å². The van der Waals surface area contributed by atoms with Gasteiger partial charge in [-0.05, 0) is 38.8 Å². The molecule has 0 aliphatic rings. The van der Waals surface area contributed by atoms with E-state index in [0.717, 1.165) is 30.2 Å². The highest BCUT2D eigenvalue weighted by molar-refractivity contribution is 7.99. The minimum atomic E-state index is 0.876. The van der Waals surface area contributed by atoms with E-state index >= 15 is 0 Å². The van der Waals surface area contributed by atoms with Gasteiger partial charge in [0.1, 0.15) is 17.2 Å². The second kappa shape index (κ2) is 7.46. The Labute approximate surface area is 131 Å². The number of anilines is 1. The molecule has 0 radical (unpaired) electrons. The second-order valence-electron chi connectivity index (χ2n) is 5.16. The zero-order chi connectivity index (χ0) is 15.2. The minimum absolute atomic E-state index is 0.876. The van der Waals surface area contributed by atoms with Gasteiger partial charge in [0, 0.05) is 17.0 Å². The van der Waals surface area contributed by atoms with Crippen LogP contribution in [-0.4, -0.2) is 16.5 Å². The first-order valence-corrected chi connectivity index (χ1v) is 8.30. The van der Waals surface area contributed by atoms with E-state index in [1.54, 1.807) is 18.1 Å². The van der Waals surface area contributed by atoms with Crippen LogP contribution in [0.5, 0.6) is 0 Å². The molecular weight excluding hydrogens is 278 g/mol. The molecule has 0 saturated heterocycles. The van der Waals surface area contributed by atoms with E-state index in [1.165, 1.54) is 21.6 Å². The summed E-state index contributed by atoms with van der Waals surface area (Å²) < 4.78 is 0. The Morgan fingerprint density at radius 3 is 2.62 bits per heavy atom. The van der Waals surface area contributed by atoms with Crippen LogP contribution in [0.4, 0.5) is 5.82 Å². The molecule has 4 heteroatoms. The van der Waals surface area contributed by atoms with Gasteiger partial charge in [-0.15, -0.1) is 0 Å². The van der Waals surface area contributed by atoms with Crippen molar-refractivity contribution in [2.45, 2.75) is 50.5 Å². The maximum atomic E-state index is 4.51. The monoisotopic (exact) mass is 301 g/mol. The van der Waals surface area contributed by atoms with Gasteiger partial charge < -0.3 is 5.32 Å². The van der Waals surface area contributed by atoms with Gasteiger partial charge in [0.15, 0.2) is 0 Å². The van der Waals surface area contributed by atoms with Gasteiger partial charge in [0.2, 0.25) is 0 Å². The Balaban J connectivity index is 2.36. The fourth-order valence-corrected chi connectivity index (χ4v) is 3.28. The van der Waals surface area contributed by atoms with Gasteiger partial charge in [-0.3, -0.25) is 0 Å². The number of rotatable bonds is 6. The molecule has 0 spiro atoms. The summed E-state index contributed by atoms with van der Waals surface area (Å²) in [7, 11) is 0. The van der Waals surface area contributed by atoms with E-state index in [1.807, 2.05) is 0 Å². The first-order chi connectivity index (χ1) is 10.2. The third kappa shape index (κ3) is 3.97. The molecular formula is C17H23N3S. The second-order valence-corrected chi connectivity index (χ2v) is 6.19. The van der Waals surface area contributed by atoms with Crippen LogP contribution in [0, 0.1) is 13.8 Å². The van der Waals surface area contributed by atoms with Gasteiger partial charge >= 0.3 is 0 Å². The van der Waals surface area contributed by atoms with Crippen molar-refractivity contribution in [2.24, 2.45) is 0 Å². The summed E-state index contributed by atoms with van der Waals surface area (Å²) in [5, 5.41) is 4.41. The number of hydrogen-bond acceptors (Lipinski definition) is 4. The van der Waals surface area contributed by atoms with Gasteiger partial charge in [-0.1, -0.05) is 42.8 Å². The molecule has 0 fully saturated rings. The topological polar surface area (TPSA) is 37.8 Å². The molecule has 0 bridgehead atoms. The Morgan fingerprint density at radius 1 is 1.14 bits per heavy atom. The summed E-state index contributed by atoms with van der Waals surface area (Å²) in [6, 6.07) is 6.55. The van der Waals surface area contributed by atoms with E-state index in [-0.39, 0.29) is 0 Å². The highest BCUT2D eigenvalue weighted by atomic mass is 32.2. The highest BCUT2D eigenvalue weighted by Gasteiger charge is 2.12. The van der Waals surface area contributed by atoms with Crippen molar-refractivity contribution in [3.63, 3.8) is 0 Å². The molecule has 0 aliphatic carbocycles. The van der Waals surface area contributed by atoms with Gasteiger partial charge in [0.05, 0.1) is 0 Å². The number of benzene rings is 1. The molecule has 0 aliphatic heterocycles. The van der Waals surface area contributed by atoms with Crippen LogP contribution in [0.3, 0.4) is 0 Å². The zero-order valence-electron chi connectivity index (χ0n) is 13.2. The van der Waals surface area contributed by atoms with Crippen LogP contribution in [0.2, 0.25) is 0 Å². The number of hydrogen-bond donors (Lipinski definition) is 1. The Hall–Kier alpha value is -1.55. The van der Waals surface area contributed by atoms with Crippen LogP contribution < -0.4 is 5.32 Å². The number of aromatic nitrogens is 2. The van der Waals surface area contributed by atoms with Crippen molar-refractivity contribution >= 4 is 17.6 Å². The molecule has 21 heavy (non-hydrogen) atoms. The van der Waals surface area contributed by atoms with E-state index < -0.39 is 0 Å². The summed E-state index contributed by atoms with van der Waals surface area (Å²) in [5.41, 5.74) is 3.82. The van der Waals surface area contributed by atoms with Crippen molar-refractivity contribution in [1.29, 1.82) is 0 Å². The fraction of sp³-hybridized carbons (Fsp3) is 0.412. The van der Waals surface area contributed by atoms with Crippen molar-refractivity contribution in [2.75, 3.05) is 11.9 Å². The van der Waals surface area contributed by atoms with Crippen molar-refractivity contribution in [3.05, 3.63) is 41.2 Å². The highest BCUT2D eigenvalue weighted by Crippen LogP contribution is 2.34. The molecule has 0 saturated carbocycles. The minimum Gasteiger partial charge on any atom is -0.370 e. The van der Waals surface area contributed by atoms with E-state index in [2.05, 4.69) is 61.2 Å². The predicted octanol–water partition coefficient (Wildman–Crippen LogP) is 4.63. The molecule has 2 rings (SSSR count). The van der Waals surface area contributed by atoms with Crippen molar-refractivity contribution < 1.29 is 0 Å². The molecule has 1 N–H and O–H groups in total. The van der Waals surface area contributed by atoms with Crippen LogP contribution in [0.15, 0.2) is 34.4 Å². The van der Waals surface area contributed by atoms with E-state index in [0.29, 0.717) is 0 Å². The summed E-state index contributed by atoms with van der Waals surface area (Å²) in [5.74, 6) is 0.974. The lowest BCUT2D eigenvalue weighted by molar-refractivity contribution is 0.855. The maximum absolute atomic E-state index is 4.51. The van der Waals surface area contributed by atoms with Crippen LogP contribution in [0.1, 0.15) is 37.0 Å². The van der Waals surface area contributed by atoms with Crippen LogP contribution in [0.25, 0.3) is 0 Å². The van der Waals surface area contributed by atoms with Crippen molar-refractivity contribution in [1.82, 2.24) is 9.97 Å². The molecule has 1 heterocycles. The lowest BCUT2D eigenvalue weighted by atomic mass is 10.2. The first kappa shape index (κ1) is 15.8. The lowest BCUT2D eigenvalue weighted by Gasteiger charge is -2.13. The summed E-state index contributed by atoms with van der Waals surface area (Å²) in [4.78, 5) is 10.2. The van der Waals surface area contributed by atoms with Gasteiger partial charge in [-0.2, -0.15) is 0 Å². The zero-order valence-corrected chi connectivity index (χ0v) is 14.0. The largest absolute Gasteiger partial charge is 0.370 e. The molecule has 2 aromatic rings. The van der Waals surface area contributed by atoms with Crippen LogP contribution >= 0.6 is 11.8 Å². The Kier molecular flexibility index (Phi) is 5.62. The average molecular weight is 301 g/mol. The SMILES string of the molecule is CCCc1c(NCC)ncnc1Sc1ccc(C)cc1C. The third-order valence-corrected chi connectivity index (χ3v) is 4.51. The molecule has 1 aromatic heterocycles. The lowest BCUT2D eigenvalue weighted by Crippen LogP contribution is -2.06. The number of nitrogens with zero attached hydrogens (tertiary/aromatic N) is 2. The Bertz CT molecular complexity index is 611. The average Bonchev–Trinajstić information content (AvgIpc) is 2.45. The first-order valence-electron chi connectivity index (χ1n) is 7.48. The summed E-state index contributed by atoms with van der Waals surface area (Å²) in [6.45, 7) is 9.43. The fourth-order valence-electron chi connectivity index (χ4n) is 2.30. The summed E-state index contributed by atoms with van der Waals surface area (Å²) in [6.07, 6.45) is 3.74. The third-order valence-electron chi connectivity index (χ3n) is 3.29. The van der Waals surface area contributed by atoms with Crippen molar-refractivity contribution in [3.8, 4) is 0 Å². The number of nitrogens with one attached hydrogen (secondary N) is 1. The van der Waals surface area contributed by atoms with E-state index in [9.17, 15) is 0 Å². The standard InChI is InChI=1S/C17H23N3S/c1-5-7-14-16(18-6-2)19-11-20-17(14)21-15-9-8-12(3)10-13(15)4/h8-11H,5-7H2,1-4H3,(H,18,19,20). The van der Waals surface area contributed by atoms with Gasteiger partial charge in [-0.25, -0.2) is 9.97 Å². The molecule has 0 atom stereocenters. The molecule has 112 valence electrons. The molecule has 0 unspecified atom stereocenters. The normalized spacial score (nSPS) is 10.7. The summed E-state index contributed by atoms with van der Waals surface area (Å²) >= 11 is 1.74. The quantitative estimate of drug-likeness (QED) is 0.789. The van der Waals surface area contributed by atoms with Crippen LogP contribution in [-0.2, 0) is 6.42 Å². The smallest absolute Gasteiger partial charge is 0.133 e. The predicted molar refractivity (Wildman–Crippen MR) is 90.2 cm³/mol. The molecule has 0 amide bonds. The Morgan fingerprint density at radius 2 is 1.95 bits per heavy atom. The number of aryl methyl sites for hydroxylation is 2. The maximum Gasteiger partial charge on any atom is 0.133 e. The molecule has 1 aromatic carbocycles.